The van der Waals surface area contributed by atoms with Crippen LogP contribution in [0.25, 0.3) is 0 Å². The predicted molar refractivity (Wildman–Crippen MR) is 73.7 cm³/mol. The maximum Gasteiger partial charge on any atom is 0.265 e. The highest BCUT2D eigenvalue weighted by molar-refractivity contribution is 7.78. The van der Waals surface area contributed by atoms with Gasteiger partial charge in [-0.15, -0.1) is 0 Å². The number of ether oxygens (including phenoxy) is 1. The molecule has 19 heavy (non-hydrogen) atoms. The maximum atomic E-state index is 13.7. The first-order valence-corrected chi connectivity index (χ1v) is 6.04. The smallest absolute Gasteiger partial charge is 0.265 e. The first-order chi connectivity index (χ1) is 9.17. The number of allylic oxidation sites excluding steroid dienone is 1. The van der Waals surface area contributed by atoms with E-state index in [1.807, 2.05) is 19.1 Å². The molecule has 0 aliphatic carbocycles. The maximum absolute atomic E-state index is 13.7. The third-order valence-electron chi connectivity index (χ3n) is 2.66. The molecule has 0 bridgehead atoms. The molecular weight excluding hydrogens is 267 g/mol. The van der Waals surface area contributed by atoms with E-state index in [1.54, 1.807) is 0 Å². The Labute approximate surface area is 115 Å². The number of aliphatic imine (C=N–C) groups is 1. The van der Waals surface area contributed by atoms with Gasteiger partial charge < -0.3 is 9.64 Å². The molecule has 6 heteroatoms. The fraction of sp³-hybridized carbons (Fsp3) is 0.231. The normalized spacial score (nSPS) is 14.0. The monoisotopic (exact) mass is 278 g/mol. The number of thiocarbonyl (C=S) groups is 1. The lowest BCUT2D eigenvalue weighted by Crippen LogP contribution is -2.38. The van der Waals surface area contributed by atoms with Crippen molar-refractivity contribution in [2.45, 2.75) is 6.92 Å². The molecule has 0 unspecified atom stereocenters. The third kappa shape index (κ3) is 2.70. The summed E-state index contributed by atoms with van der Waals surface area (Å²) in [4.78, 5) is 17.0. The van der Waals surface area contributed by atoms with Gasteiger partial charge in [0.2, 0.25) is 0 Å². The molecule has 1 aliphatic heterocycles. The van der Waals surface area contributed by atoms with Gasteiger partial charge in [0.1, 0.15) is 11.4 Å². The number of benzene rings is 1. The molecule has 0 fully saturated rings. The molecule has 0 atom stereocenters. The van der Waals surface area contributed by atoms with Crippen molar-refractivity contribution in [3.63, 3.8) is 0 Å². The van der Waals surface area contributed by atoms with Gasteiger partial charge in [0.05, 0.1) is 10.8 Å². The first kappa shape index (κ1) is 13.4. The minimum atomic E-state index is -0.559. The molecule has 1 aromatic rings. The Hall–Kier alpha value is -2.04. The van der Waals surface area contributed by atoms with Crippen molar-refractivity contribution >= 4 is 34.7 Å². The topological polar surface area (TPSA) is 41.9 Å². The molecule has 1 aromatic carbocycles. The zero-order valence-corrected chi connectivity index (χ0v) is 11.0. The Morgan fingerprint density at radius 2 is 2.42 bits per heavy atom. The van der Waals surface area contributed by atoms with E-state index >= 15 is 0 Å². The number of carbonyl (C=O) groups excluding carboxylic acids is 1. The van der Waals surface area contributed by atoms with E-state index in [0.29, 0.717) is 18.0 Å². The van der Waals surface area contributed by atoms with E-state index in [1.165, 1.54) is 17.0 Å². The largest absolute Gasteiger partial charge is 0.481 e. The van der Waals surface area contributed by atoms with Gasteiger partial charge in [-0.05, 0) is 25.2 Å². The van der Waals surface area contributed by atoms with Crippen molar-refractivity contribution in [3.8, 4) is 5.75 Å². The van der Waals surface area contributed by atoms with E-state index in [4.69, 9.17) is 4.74 Å². The van der Waals surface area contributed by atoms with E-state index in [0.717, 1.165) is 0 Å². The van der Waals surface area contributed by atoms with Crippen LogP contribution in [0.4, 0.5) is 15.8 Å². The Kier molecular flexibility index (Phi) is 4.04. The summed E-state index contributed by atoms with van der Waals surface area (Å²) >= 11 is 4.46. The van der Waals surface area contributed by atoms with Gasteiger partial charge in [0.25, 0.3) is 5.91 Å². The molecule has 1 heterocycles. The van der Waals surface area contributed by atoms with Crippen LogP contribution in [-0.4, -0.2) is 24.2 Å². The van der Waals surface area contributed by atoms with Crippen LogP contribution in [0.15, 0.2) is 29.3 Å². The van der Waals surface area contributed by atoms with Crippen molar-refractivity contribution in [2.24, 2.45) is 4.99 Å². The fourth-order valence-corrected chi connectivity index (χ4v) is 1.86. The van der Waals surface area contributed by atoms with Crippen LogP contribution in [0.3, 0.4) is 0 Å². The first-order valence-electron chi connectivity index (χ1n) is 5.63. The van der Waals surface area contributed by atoms with Crippen molar-refractivity contribution in [2.75, 3.05) is 18.1 Å². The van der Waals surface area contributed by atoms with Gasteiger partial charge in [-0.2, -0.15) is 4.99 Å². The zero-order chi connectivity index (χ0) is 13.8. The zero-order valence-electron chi connectivity index (χ0n) is 10.2. The van der Waals surface area contributed by atoms with Crippen LogP contribution in [0, 0.1) is 5.82 Å². The molecule has 0 spiro atoms. The summed E-state index contributed by atoms with van der Waals surface area (Å²) < 4.78 is 18.9. The molecule has 0 radical (unpaired) electrons. The van der Waals surface area contributed by atoms with E-state index < -0.39 is 5.82 Å². The molecule has 1 amide bonds. The number of carbonyl (C=O) groups is 1. The van der Waals surface area contributed by atoms with Gasteiger partial charge in [-0.1, -0.05) is 12.2 Å². The Balaban J connectivity index is 2.50. The minimum absolute atomic E-state index is 0.0394. The molecule has 4 nitrogen and oxygen atoms in total. The summed E-state index contributed by atoms with van der Waals surface area (Å²) in [6.07, 6.45) is 3.67. The molecule has 2 rings (SSSR count). The van der Waals surface area contributed by atoms with Crippen molar-refractivity contribution in [1.29, 1.82) is 0 Å². The van der Waals surface area contributed by atoms with Crippen molar-refractivity contribution in [1.82, 2.24) is 0 Å². The standard InChI is InChI=1S/C13H11FN2O2S/c1-2-3-4-16-11-6-10(15-8-19)9(14)5-12(11)18-7-13(16)17/h2-3,5-6H,4,7H2,1H3/b3-2-. The number of isothiocyanates is 1. The highest BCUT2D eigenvalue weighted by Crippen LogP contribution is 2.37. The van der Waals surface area contributed by atoms with Crippen LogP contribution < -0.4 is 9.64 Å². The number of halogens is 1. The lowest BCUT2D eigenvalue weighted by atomic mass is 10.2. The summed E-state index contributed by atoms with van der Waals surface area (Å²) in [5.41, 5.74) is 0.525. The number of hydrogen-bond acceptors (Lipinski definition) is 4. The molecule has 0 aromatic heterocycles. The second-order valence-electron chi connectivity index (χ2n) is 3.84. The number of amides is 1. The number of nitrogens with zero attached hydrogens (tertiary/aromatic N) is 2. The van der Waals surface area contributed by atoms with Crippen molar-refractivity contribution in [3.05, 3.63) is 30.1 Å². The fourth-order valence-electron chi connectivity index (χ4n) is 1.76. The molecule has 0 N–H and O–H groups in total. The predicted octanol–water partition coefficient (Wildman–Crippen LogP) is 2.86. The second-order valence-corrected chi connectivity index (χ2v) is 4.02. The van der Waals surface area contributed by atoms with E-state index in [9.17, 15) is 9.18 Å². The van der Waals surface area contributed by atoms with Gasteiger partial charge >= 0.3 is 0 Å². The van der Waals surface area contributed by atoms with Crippen LogP contribution in [-0.2, 0) is 4.79 Å². The average molecular weight is 278 g/mol. The van der Waals surface area contributed by atoms with Gasteiger partial charge in [0.15, 0.2) is 12.4 Å². The Morgan fingerprint density at radius 3 is 3.11 bits per heavy atom. The number of rotatable bonds is 3. The van der Waals surface area contributed by atoms with Crippen LogP contribution in [0.5, 0.6) is 5.75 Å². The van der Waals surface area contributed by atoms with Gasteiger partial charge in [-0.3, -0.25) is 4.79 Å². The minimum Gasteiger partial charge on any atom is -0.481 e. The summed E-state index contributed by atoms with van der Waals surface area (Å²) in [5, 5.41) is 2.11. The summed E-state index contributed by atoms with van der Waals surface area (Å²) in [6.45, 7) is 2.16. The van der Waals surface area contributed by atoms with Gasteiger partial charge in [-0.25, -0.2) is 4.39 Å². The Morgan fingerprint density at radius 1 is 1.63 bits per heavy atom. The van der Waals surface area contributed by atoms with Crippen LogP contribution in [0.1, 0.15) is 6.92 Å². The summed E-state index contributed by atoms with van der Waals surface area (Å²) in [6, 6.07) is 2.64. The number of hydrogen-bond donors (Lipinski definition) is 0. The number of fused-ring (bicyclic) bond motifs is 1. The average Bonchev–Trinajstić information content (AvgIpc) is 2.39. The SMILES string of the molecule is C/C=C\CN1C(=O)COc2cc(F)c(N=C=S)cc21. The van der Waals surface area contributed by atoms with E-state index in [-0.39, 0.29) is 18.2 Å². The lowest BCUT2D eigenvalue weighted by molar-refractivity contribution is -0.121. The Bertz CT molecular complexity index is 595. The van der Waals surface area contributed by atoms with Crippen LogP contribution >= 0.6 is 12.2 Å². The highest BCUT2D eigenvalue weighted by Gasteiger charge is 2.26. The van der Waals surface area contributed by atoms with Crippen molar-refractivity contribution < 1.29 is 13.9 Å². The summed E-state index contributed by atoms with van der Waals surface area (Å²) in [5.74, 6) is -0.421. The molecule has 0 saturated carbocycles. The lowest BCUT2D eigenvalue weighted by Gasteiger charge is -2.28. The molecule has 98 valence electrons. The quantitative estimate of drug-likeness (QED) is 0.485. The van der Waals surface area contributed by atoms with Gasteiger partial charge in [0, 0.05) is 12.6 Å². The van der Waals surface area contributed by atoms with Crippen LogP contribution in [0.2, 0.25) is 0 Å². The summed E-state index contributed by atoms with van der Waals surface area (Å²) in [7, 11) is 0. The molecule has 1 aliphatic rings. The van der Waals surface area contributed by atoms with E-state index in [2.05, 4.69) is 22.4 Å². The molecular formula is C13H11FN2O2S. The number of anilines is 1. The molecule has 0 saturated heterocycles. The second kappa shape index (κ2) is 5.73. The highest BCUT2D eigenvalue weighted by atomic mass is 32.1. The third-order valence-corrected chi connectivity index (χ3v) is 2.75.